The van der Waals surface area contributed by atoms with Crippen molar-refractivity contribution in [1.82, 2.24) is 4.44 Å². The van der Waals surface area contributed by atoms with E-state index in [0.29, 0.717) is 46.0 Å². The third-order valence-corrected chi connectivity index (χ3v) is 12.5. The first kappa shape index (κ1) is 33.0. The summed E-state index contributed by atoms with van der Waals surface area (Å²) in [6, 6.07) is 23.3. The Morgan fingerprint density at radius 2 is 0.591 bits per heavy atom. The Hall–Kier alpha value is -3.90. The van der Waals surface area contributed by atoms with E-state index in [1.807, 2.05) is 72.8 Å². The second-order valence-electron chi connectivity index (χ2n) is 9.26. The van der Waals surface area contributed by atoms with E-state index in [1.54, 1.807) is 56.9 Å². The summed E-state index contributed by atoms with van der Waals surface area (Å²) in [5, 5.41) is 3.69. The second kappa shape index (κ2) is 15.2. The predicted molar refractivity (Wildman–Crippen MR) is 178 cm³/mol. The molecule has 4 rings (SSSR count). The summed E-state index contributed by atoms with van der Waals surface area (Å²) in [7, 11) is 12.6. The Kier molecular flexibility index (Phi) is 11.4. The van der Waals surface area contributed by atoms with Gasteiger partial charge >= 0.3 is 0 Å². The third-order valence-electron chi connectivity index (χ3n) is 7.04. The zero-order chi connectivity index (χ0) is 31.8. The van der Waals surface area contributed by atoms with Crippen molar-refractivity contribution in [2.45, 2.75) is 0 Å². The number of ether oxygens (including phenoxy) is 8. The van der Waals surface area contributed by atoms with Crippen molar-refractivity contribution in [3.05, 3.63) is 72.8 Å². The van der Waals surface area contributed by atoms with Gasteiger partial charge in [-0.1, -0.05) is 0 Å². The molecule has 0 unspecified atom stereocenters. The van der Waals surface area contributed by atoms with Gasteiger partial charge in [0.1, 0.15) is 46.0 Å². The van der Waals surface area contributed by atoms with Gasteiger partial charge in [-0.15, -0.1) is 0 Å². The Labute approximate surface area is 262 Å². The average molecular weight is 640 g/mol. The van der Waals surface area contributed by atoms with Crippen LogP contribution >= 0.6 is 16.1 Å². The lowest BCUT2D eigenvalue weighted by atomic mass is 10.3. The highest BCUT2D eigenvalue weighted by Gasteiger charge is 2.36. The Morgan fingerprint density at radius 3 is 0.773 bits per heavy atom. The molecule has 0 radical (unpaired) electrons. The lowest BCUT2D eigenvalue weighted by molar-refractivity contribution is 0.404. The van der Waals surface area contributed by atoms with Crippen molar-refractivity contribution in [1.29, 1.82) is 0 Å². The highest BCUT2D eigenvalue weighted by atomic mass is 31.2. The fraction of sp³-hybridized carbons (Fsp3) is 0.273. The number of nitrogens with zero attached hydrogens (tertiary/aromatic N) is 1. The lowest BCUT2D eigenvalue weighted by Gasteiger charge is -2.38. The monoisotopic (exact) mass is 639 g/mol. The molecule has 0 fully saturated rings. The number of methoxy groups -OCH3 is 8. The molecule has 4 aromatic rings. The highest BCUT2D eigenvalue weighted by Crippen LogP contribution is 2.58. The first-order chi connectivity index (χ1) is 21.4. The van der Waals surface area contributed by atoms with Gasteiger partial charge in [0.05, 0.1) is 56.9 Å². The van der Waals surface area contributed by atoms with E-state index in [4.69, 9.17) is 37.9 Å². The molecular formula is C33H39NO8P2. The van der Waals surface area contributed by atoms with E-state index in [2.05, 4.69) is 11.5 Å². The second-order valence-corrected chi connectivity index (χ2v) is 14.0. The van der Waals surface area contributed by atoms with Crippen molar-refractivity contribution in [3.8, 4) is 46.0 Å². The van der Waals surface area contributed by atoms with Gasteiger partial charge in [-0.25, -0.2) is 4.44 Å². The van der Waals surface area contributed by atoms with Crippen molar-refractivity contribution in [3.63, 3.8) is 0 Å². The van der Waals surface area contributed by atoms with E-state index in [-0.39, 0.29) is 0 Å². The van der Waals surface area contributed by atoms with E-state index in [0.717, 1.165) is 21.2 Å². The molecule has 234 valence electrons. The van der Waals surface area contributed by atoms with Crippen LogP contribution in [0.4, 0.5) is 0 Å². The van der Waals surface area contributed by atoms with Crippen molar-refractivity contribution in [2.75, 3.05) is 63.9 Å². The summed E-state index contributed by atoms with van der Waals surface area (Å²) in [4.78, 5) is 0. The molecule has 0 heterocycles. The largest absolute Gasteiger partial charge is 0.497 e. The minimum Gasteiger partial charge on any atom is -0.497 e. The molecule has 0 bridgehead atoms. The summed E-state index contributed by atoms with van der Waals surface area (Å²) >= 11 is 0. The van der Waals surface area contributed by atoms with E-state index in [9.17, 15) is 0 Å². The molecule has 0 aromatic heterocycles. The number of rotatable bonds is 14. The minimum absolute atomic E-state index is 0.700. The third kappa shape index (κ3) is 6.76. The van der Waals surface area contributed by atoms with Gasteiger partial charge in [-0.2, -0.15) is 0 Å². The van der Waals surface area contributed by atoms with Gasteiger partial charge in [-0.3, -0.25) is 0 Å². The Balaban J connectivity index is 2.13. The van der Waals surface area contributed by atoms with E-state index < -0.39 is 16.1 Å². The molecule has 0 saturated heterocycles. The van der Waals surface area contributed by atoms with Crippen LogP contribution in [-0.2, 0) is 0 Å². The molecular weight excluding hydrogens is 600 g/mol. The summed E-state index contributed by atoms with van der Waals surface area (Å²) in [5.74, 6) is 5.63. The van der Waals surface area contributed by atoms with Gasteiger partial charge in [0.2, 0.25) is 0 Å². The highest BCUT2D eigenvalue weighted by molar-refractivity contribution is 7.85. The molecule has 0 atom stereocenters. The maximum atomic E-state index is 5.96. The molecule has 44 heavy (non-hydrogen) atoms. The fourth-order valence-electron chi connectivity index (χ4n) is 4.82. The van der Waals surface area contributed by atoms with Gasteiger partial charge < -0.3 is 37.9 Å². The molecule has 0 aliphatic heterocycles. The van der Waals surface area contributed by atoms with Crippen molar-refractivity contribution < 1.29 is 37.9 Å². The van der Waals surface area contributed by atoms with Crippen LogP contribution in [0.1, 0.15) is 0 Å². The standard InChI is InChI=1S/C33H39NO8P2/c1-34(43(30-18-22(35-2)10-14-26(30)39-6)31-19-23(36-3)11-15-27(31)40-7)44(32-20-24(37-4)12-16-28(32)41-8)33-21-25(38-5)13-17-29(33)42-9/h10-21H,1-9H3. The smallest absolute Gasteiger partial charge is 0.128 e. The normalized spacial score (nSPS) is 11.0. The van der Waals surface area contributed by atoms with Crippen LogP contribution in [0, 0.1) is 0 Å². The van der Waals surface area contributed by atoms with Gasteiger partial charge in [-0.05, 0) is 79.8 Å². The van der Waals surface area contributed by atoms with Crippen molar-refractivity contribution in [2.24, 2.45) is 0 Å². The lowest BCUT2D eigenvalue weighted by Crippen LogP contribution is -2.31. The van der Waals surface area contributed by atoms with Crippen LogP contribution in [0.15, 0.2) is 72.8 Å². The Bertz CT molecular complexity index is 1340. The van der Waals surface area contributed by atoms with Crippen LogP contribution in [-0.4, -0.2) is 68.4 Å². The van der Waals surface area contributed by atoms with Gasteiger partial charge in [0, 0.05) is 37.4 Å². The summed E-state index contributed by atoms with van der Waals surface area (Å²) < 4.78 is 49.0. The first-order valence-electron chi connectivity index (χ1n) is 13.6. The van der Waals surface area contributed by atoms with Crippen LogP contribution in [0.3, 0.4) is 0 Å². The average Bonchev–Trinajstić information content (AvgIpc) is 3.08. The zero-order valence-corrected chi connectivity index (χ0v) is 28.3. The van der Waals surface area contributed by atoms with E-state index >= 15 is 0 Å². The molecule has 9 nitrogen and oxygen atoms in total. The number of hydrogen-bond acceptors (Lipinski definition) is 9. The minimum atomic E-state index is -1.40. The predicted octanol–water partition coefficient (Wildman–Crippen LogP) is 5.08. The SMILES string of the molecule is COc1ccc(OC)c(P(c2cc(OC)ccc2OC)N(C)P(c2cc(OC)ccc2OC)c2cc(OC)ccc2OC)c1. The quantitative estimate of drug-likeness (QED) is 0.176. The van der Waals surface area contributed by atoms with Crippen LogP contribution in [0.2, 0.25) is 0 Å². The maximum absolute atomic E-state index is 5.96. The molecule has 0 aliphatic rings. The molecule has 0 amide bonds. The maximum Gasteiger partial charge on any atom is 0.128 e. The molecule has 0 spiro atoms. The van der Waals surface area contributed by atoms with Crippen molar-refractivity contribution >= 4 is 37.4 Å². The fourth-order valence-corrected chi connectivity index (χ4v) is 11.0. The number of hydrogen-bond donors (Lipinski definition) is 0. The Morgan fingerprint density at radius 1 is 0.364 bits per heavy atom. The van der Waals surface area contributed by atoms with Gasteiger partial charge in [0.15, 0.2) is 0 Å². The van der Waals surface area contributed by atoms with Gasteiger partial charge in [0.25, 0.3) is 0 Å². The summed E-state index contributed by atoms with van der Waals surface area (Å²) in [5.41, 5.74) is 0. The first-order valence-corrected chi connectivity index (χ1v) is 16.2. The molecule has 11 heteroatoms. The molecule has 4 aromatic carbocycles. The molecule has 0 N–H and O–H groups in total. The van der Waals surface area contributed by atoms with Crippen LogP contribution in [0.25, 0.3) is 0 Å². The molecule has 0 aliphatic carbocycles. The molecule has 0 saturated carbocycles. The summed E-state index contributed by atoms with van der Waals surface area (Å²) in [6.07, 6.45) is 0. The van der Waals surface area contributed by atoms with Crippen LogP contribution < -0.4 is 59.1 Å². The summed E-state index contributed by atoms with van der Waals surface area (Å²) in [6.45, 7) is 0. The number of benzene rings is 4. The topological polar surface area (TPSA) is 77.1 Å². The zero-order valence-electron chi connectivity index (χ0n) is 26.5. The van der Waals surface area contributed by atoms with Crippen LogP contribution in [0.5, 0.6) is 46.0 Å². The van der Waals surface area contributed by atoms with E-state index in [1.165, 1.54) is 0 Å².